The van der Waals surface area contributed by atoms with E-state index in [0.717, 1.165) is 16.4 Å². The fourth-order valence-electron chi connectivity index (χ4n) is 1.45. The summed E-state index contributed by atoms with van der Waals surface area (Å²) >= 11 is 0. The van der Waals surface area contributed by atoms with Crippen LogP contribution in [0.25, 0.3) is 0 Å². The Bertz CT molecular complexity index is 531. The van der Waals surface area contributed by atoms with Crippen LogP contribution in [0.2, 0.25) is 0 Å². The van der Waals surface area contributed by atoms with E-state index in [9.17, 15) is 12.8 Å². The van der Waals surface area contributed by atoms with E-state index >= 15 is 0 Å². The molecule has 0 aliphatic heterocycles. The number of benzene rings is 1. The van der Waals surface area contributed by atoms with Crippen LogP contribution in [0.4, 0.5) is 10.1 Å². The lowest BCUT2D eigenvalue weighted by Gasteiger charge is -2.18. The van der Waals surface area contributed by atoms with Gasteiger partial charge in [-0.1, -0.05) is 0 Å². The largest absolute Gasteiger partial charge is 0.396 e. The van der Waals surface area contributed by atoms with Gasteiger partial charge in [-0.2, -0.15) is 4.31 Å². The second kappa shape index (κ2) is 5.64. The maximum atomic E-state index is 13.2. The molecule has 0 aliphatic carbocycles. The van der Waals surface area contributed by atoms with Crippen molar-refractivity contribution in [3.05, 3.63) is 23.5 Å². The van der Waals surface area contributed by atoms with Gasteiger partial charge in [0.2, 0.25) is 10.0 Å². The molecule has 5 nitrogen and oxygen atoms in total. The molecule has 0 fully saturated rings. The minimum Gasteiger partial charge on any atom is -0.396 e. The first-order valence-electron chi connectivity index (χ1n) is 5.31. The predicted octanol–water partition coefficient (Wildman–Crippen LogP) is 0.983. The highest BCUT2D eigenvalue weighted by atomic mass is 32.2. The molecule has 0 spiro atoms. The molecule has 0 aliphatic rings. The molecule has 1 rings (SSSR count). The number of halogens is 1. The monoisotopic (exact) mass is 276 g/mol. The summed E-state index contributed by atoms with van der Waals surface area (Å²) in [7, 11) is -0.749. The highest BCUT2D eigenvalue weighted by Crippen LogP contribution is 2.23. The second-order valence-corrected chi connectivity index (χ2v) is 5.97. The maximum absolute atomic E-state index is 13.2. The van der Waals surface area contributed by atoms with Gasteiger partial charge in [-0.05, 0) is 24.6 Å². The molecule has 0 unspecified atom stereocenters. The number of hydrogen-bond donors (Lipinski definition) is 1. The van der Waals surface area contributed by atoms with Crippen LogP contribution < -0.4 is 5.73 Å². The van der Waals surface area contributed by atoms with Gasteiger partial charge < -0.3 is 10.5 Å². The minimum atomic E-state index is -3.67. The number of rotatable bonds is 5. The van der Waals surface area contributed by atoms with Crippen LogP contribution in [0.3, 0.4) is 0 Å². The third kappa shape index (κ3) is 2.98. The van der Waals surface area contributed by atoms with Gasteiger partial charge in [-0.3, -0.25) is 0 Å². The molecule has 0 heterocycles. The van der Waals surface area contributed by atoms with Crippen molar-refractivity contribution in [2.75, 3.05) is 33.0 Å². The molecular weight excluding hydrogens is 259 g/mol. The van der Waals surface area contributed by atoms with Gasteiger partial charge in [-0.25, -0.2) is 12.8 Å². The molecule has 0 saturated heterocycles. The van der Waals surface area contributed by atoms with Crippen LogP contribution in [0.5, 0.6) is 0 Å². The van der Waals surface area contributed by atoms with E-state index in [2.05, 4.69) is 0 Å². The molecule has 102 valence electrons. The SMILES string of the molecule is COCCN(C)S(=O)(=O)c1cc(N)c(F)cc1C. The van der Waals surface area contributed by atoms with Crippen molar-refractivity contribution in [3.8, 4) is 0 Å². The van der Waals surface area contributed by atoms with Crippen LogP contribution in [-0.2, 0) is 14.8 Å². The van der Waals surface area contributed by atoms with Gasteiger partial charge in [0.05, 0.1) is 17.2 Å². The van der Waals surface area contributed by atoms with Crippen molar-refractivity contribution in [2.24, 2.45) is 0 Å². The Kier molecular flexibility index (Phi) is 4.66. The quantitative estimate of drug-likeness (QED) is 0.814. The molecule has 0 bridgehead atoms. The molecule has 7 heteroatoms. The predicted molar refractivity (Wildman–Crippen MR) is 67.2 cm³/mol. The van der Waals surface area contributed by atoms with Gasteiger partial charge in [-0.15, -0.1) is 0 Å². The minimum absolute atomic E-state index is 0.0139. The summed E-state index contributed by atoms with van der Waals surface area (Å²) in [6.45, 7) is 2.03. The molecule has 1 aromatic rings. The number of likely N-dealkylation sites (N-methyl/N-ethyl adjacent to an activating group) is 1. The zero-order valence-electron chi connectivity index (χ0n) is 10.6. The number of aryl methyl sites for hydroxylation is 1. The van der Waals surface area contributed by atoms with E-state index in [1.165, 1.54) is 21.1 Å². The number of nitrogens with two attached hydrogens (primary N) is 1. The number of methoxy groups -OCH3 is 1. The van der Waals surface area contributed by atoms with E-state index in [1.807, 2.05) is 0 Å². The zero-order valence-corrected chi connectivity index (χ0v) is 11.4. The molecule has 0 aromatic heterocycles. The fourth-order valence-corrected chi connectivity index (χ4v) is 2.85. The lowest BCUT2D eigenvalue weighted by molar-refractivity contribution is 0.185. The fraction of sp³-hybridized carbons (Fsp3) is 0.455. The second-order valence-electron chi connectivity index (χ2n) is 3.96. The van der Waals surface area contributed by atoms with Gasteiger partial charge in [0.15, 0.2) is 0 Å². The lowest BCUT2D eigenvalue weighted by atomic mass is 10.2. The average molecular weight is 276 g/mol. The molecule has 0 saturated carbocycles. The topological polar surface area (TPSA) is 72.6 Å². The van der Waals surface area contributed by atoms with Crippen molar-refractivity contribution in [1.82, 2.24) is 4.31 Å². The maximum Gasteiger partial charge on any atom is 0.243 e. The van der Waals surface area contributed by atoms with Gasteiger partial charge in [0, 0.05) is 20.7 Å². The van der Waals surface area contributed by atoms with Crippen LogP contribution in [0.15, 0.2) is 17.0 Å². The highest BCUT2D eigenvalue weighted by molar-refractivity contribution is 7.89. The van der Waals surface area contributed by atoms with Gasteiger partial charge in [0.25, 0.3) is 0 Å². The van der Waals surface area contributed by atoms with Gasteiger partial charge >= 0.3 is 0 Å². The highest BCUT2D eigenvalue weighted by Gasteiger charge is 2.23. The van der Waals surface area contributed by atoms with E-state index in [1.54, 1.807) is 0 Å². The van der Waals surface area contributed by atoms with Crippen molar-refractivity contribution < 1.29 is 17.5 Å². The normalized spacial score (nSPS) is 12.1. The molecule has 0 radical (unpaired) electrons. The number of hydrogen-bond acceptors (Lipinski definition) is 4. The first-order valence-corrected chi connectivity index (χ1v) is 6.75. The van der Waals surface area contributed by atoms with E-state index < -0.39 is 15.8 Å². The smallest absolute Gasteiger partial charge is 0.243 e. The van der Waals surface area contributed by atoms with E-state index in [4.69, 9.17) is 10.5 Å². The molecule has 2 N–H and O–H groups in total. The van der Waals surface area contributed by atoms with Crippen molar-refractivity contribution in [3.63, 3.8) is 0 Å². The van der Waals surface area contributed by atoms with E-state index in [-0.39, 0.29) is 23.7 Å². The lowest BCUT2D eigenvalue weighted by Crippen LogP contribution is -2.30. The average Bonchev–Trinajstić information content (AvgIpc) is 2.30. The van der Waals surface area contributed by atoms with Crippen molar-refractivity contribution >= 4 is 15.7 Å². The van der Waals surface area contributed by atoms with Gasteiger partial charge in [0.1, 0.15) is 5.82 Å². The standard InChI is InChI=1S/C11H17FN2O3S/c1-8-6-9(12)10(13)7-11(8)18(15,16)14(2)4-5-17-3/h6-7H,4-5,13H2,1-3H3. The number of anilines is 1. The van der Waals surface area contributed by atoms with Crippen LogP contribution in [-0.4, -0.2) is 40.0 Å². The summed E-state index contributed by atoms with van der Waals surface area (Å²) in [5.74, 6) is -0.619. The third-order valence-electron chi connectivity index (χ3n) is 2.59. The molecule has 0 atom stereocenters. The summed E-state index contributed by atoms with van der Waals surface area (Å²) in [4.78, 5) is 0.0139. The number of sulfonamides is 1. The molecular formula is C11H17FN2O3S. The Balaban J connectivity index is 3.16. The number of ether oxygens (including phenoxy) is 1. The third-order valence-corrected chi connectivity index (χ3v) is 4.59. The number of nitrogens with zero attached hydrogens (tertiary/aromatic N) is 1. The molecule has 18 heavy (non-hydrogen) atoms. The van der Waals surface area contributed by atoms with Crippen LogP contribution in [0, 0.1) is 12.7 Å². The van der Waals surface area contributed by atoms with E-state index in [0.29, 0.717) is 5.56 Å². The van der Waals surface area contributed by atoms with Crippen molar-refractivity contribution in [2.45, 2.75) is 11.8 Å². The Morgan fingerprint density at radius 1 is 1.44 bits per heavy atom. The van der Waals surface area contributed by atoms with Crippen LogP contribution >= 0.6 is 0 Å². The summed E-state index contributed by atoms with van der Waals surface area (Å²) in [6, 6.07) is 2.26. The first kappa shape index (κ1) is 14.9. The summed E-state index contributed by atoms with van der Waals surface area (Å²) in [5.41, 5.74) is 5.55. The Hall–Kier alpha value is -1.18. The Morgan fingerprint density at radius 3 is 2.61 bits per heavy atom. The van der Waals surface area contributed by atoms with Crippen molar-refractivity contribution in [1.29, 1.82) is 0 Å². The Morgan fingerprint density at radius 2 is 2.06 bits per heavy atom. The number of nitrogen functional groups attached to an aromatic ring is 1. The summed E-state index contributed by atoms with van der Waals surface area (Å²) in [5, 5.41) is 0. The summed E-state index contributed by atoms with van der Waals surface area (Å²) in [6.07, 6.45) is 0. The zero-order chi connectivity index (χ0) is 13.9. The molecule has 0 amide bonds. The summed E-state index contributed by atoms with van der Waals surface area (Å²) < 4.78 is 43.6. The van der Waals surface area contributed by atoms with Crippen LogP contribution in [0.1, 0.15) is 5.56 Å². The Labute approximate surface area is 106 Å². The first-order chi connectivity index (χ1) is 8.30. The molecule has 1 aromatic carbocycles.